The maximum absolute atomic E-state index is 10.6. The van der Waals surface area contributed by atoms with Crippen LogP contribution in [0.4, 0.5) is 5.82 Å². The van der Waals surface area contributed by atoms with E-state index in [0.717, 1.165) is 0 Å². The second-order valence-corrected chi connectivity index (χ2v) is 2.92. The van der Waals surface area contributed by atoms with Gasteiger partial charge in [0.05, 0.1) is 5.02 Å². The van der Waals surface area contributed by atoms with Crippen molar-refractivity contribution in [3.8, 4) is 0 Å². The number of nitrogens with zero attached hydrogens (tertiary/aromatic N) is 1. The maximum Gasteiger partial charge on any atom is 0.356 e. The van der Waals surface area contributed by atoms with Crippen molar-refractivity contribution in [1.29, 1.82) is 0 Å². The third-order valence-electron chi connectivity index (χ3n) is 1.35. The molecule has 5 nitrogen and oxygen atoms in total. The fraction of sp³-hybridized carbons (Fsp3) is 0.125. The van der Waals surface area contributed by atoms with Crippen molar-refractivity contribution < 1.29 is 14.7 Å². The lowest BCUT2D eigenvalue weighted by molar-refractivity contribution is -0.114. The van der Waals surface area contributed by atoms with Crippen molar-refractivity contribution in [3.05, 3.63) is 22.8 Å². The van der Waals surface area contributed by atoms with Crippen LogP contribution in [0.1, 0.15) is 17.4 Å². The molecule has 0 fully saturated rings. The Kier molecular flexibility index (Phi) is 3.03. The molecule has 0 atom stereocenters. The predicted molar refractivity (Wildman–Crippen MR) is 50.5 cm³/mol. The summed E-state index contributed by atoms with van der Waals surface area (Å²) < 4.78 is 0. The van der Waals surface area contributed by atoms with Gasteiger partial charge in [0.15, 0.2) is 5.69 Å². The zero-order valence-corrected chi connectivity index (χ0v) is 8.00. The zero-order valence-electron chi connectivity index (χ0n) is 7.24. The topological polar surface area (TPSA) is 79.3 Å². The van der Waals surface area contributed by atoms with Crippen molar-refractivity contribution in [2.75, 3.05) is 5.32 Å². The van der Waals surface area contributed by atoms with Crippen molar-refractivity contribution in [2.24, 2.45) is 0 Å². The molecule has 0 saturated carbocycles. The monoisotopic (exact) mass is 214 g/mol. The number of carbonyl (C=O) groups is 2. The van der Waals surface area contributed by atoms with Crippen LogP contribution in [-0.4, -0.2) is 22.0 Å². The van der Waals surface area contributed by atoms with Gasteiger partial charge in [0, 0.05) is 6.92 Å². The Bertz CT molecular complexity index is 392. The lowest BCUT2D eigenvalue weighted by Crippen LogP contribution is -2.10. The Morgan fingerprint density at radius 3 is 2.64 bits per heavy atom. The van der Waals surface area contributed by atoms with Gasteiger partial charge in [0.1, 0.15) is 5.82 Å². The number of aromatic carboxylic acids is 1. The van der Waals surface area contributed by atoms with E-state index in [-0.39, 0.29) is 22.4 Å². The van der Waals surface area contributed by atoms with E-state index >= 15 is 0 Å². The molecule has 0 unspecified atom stereocenters. The molecule has 0 saturated heterocycles. The number of aromatic nitrogens is 1. The molecule has 6 heteroatoms. The number of carboxylic acids is 1. The van der Waals surface area contributed by atoms with Crippen LogP contribution in [0.5, 0.6) is 0 Å². The SMILES string of the molecule is CC(=O)Nc1ccc(Cl)c(C(=O)O)n1. The van der Waals surface area contributed by atoms with Crippen LogP contribution in [0.15, 0.2) is 12.1 Å². The third kappa shape index (κ3) is 2.43. The molecular formula is C8H7ClN2O3. The van der Waals surface area contributed by atoms with Crippen molar-refractivity contribution in [3.63, 3.8) is 0 Å². The molecule has 1 amide bonds. The van der Waals surface area contributed by atoms with Crippen LogP contribution in [0, 0.1) is 0 Å². The first-order valence-corrected chi connectivity index (χ1v) is 4.06. The Labute approximate surface area is 84.7 Å². The van der Waals surface area contributed by atoms with Gasteiger partial charge in [0.25, 0.3) is 0 Å². The Morgan fingerprint density at radius 2 is 2.14 bits per heavy atom. The second kappa shape index (κ2) is 4.06. The molecule has 74 valence electrons. The minimum atomic E-state index is -1.23. The molecule has 1 aromatic rings. The van der Waals surface area contributed by atoms with E-state index in [4.69, 9.17) is 16.7 Å². The summed E-state index contributed by atoms with van der Waals surface area (Å²) in [7, 11) is 0. The molecule has 0 aromatic carbocycles. The Hall–Kier alpha value is -1.62. The summed E-state index contributed by atoms with van der Waals surface area (Å²) in [5.74, 6) is -1.39. The van der Waals surface area contributed by atoms with E-state index in [1.165, 1.54) is 19.1 Å². The number of anilines is 1. The number of carbonyl (C=O) groups excluding carboxylic acids is 1. The lowest BCUT2D eigenvalue weighted by atomic mass is 10.3. The second-order valence-electron chi connectivity index (χ2n) is 2.51. The van der Waals surface area contributed by atoms with Gasteiger partial charge in [-0.25, -0.2) is 9.78 Å². The molecule has 1 rings (SSSR count). The molecule has 2 N–H and O–H groups in total. The molecule has 0 aliphatic rings. The standard InChI is InChI=1S/C8H7ClN2O3/c1-4(12)10-6-3-2-5(9)7(11-6)8(13)14/h2-3H,1H3,(H,13,14)(H,10,11,12). The maximum atomic E-state index is 10.6. The average molecular weight is 215 g/mol. The molecule has 14 heavy (non-hydrogen) atoms. The molecule has 1 aromatic heterocycles. The summed E-state index contributed by atoms with van der Waals surface area (Å²) in [6.07, 6.45) is 0. The molecule has 1 heterocycles. The average Bonchev–Trinajstić information content (AvgIpc) is 2.07. The van der Waals surface area contributed by atoms with Crippen LogP contribution in [0.2, 0.25) is 5.02 Å². The molecular weight excluding hydrogens is 208 g/mol. The van der Waals surface area contributed by atoms with Gasteiger partial charge < -0.3 is 10.4 Å². The highest BCUT2D eigenvalue weighted by atomic mass is 35.5. The predicted octanol–water partition coefficient (Wildman–Crippen LogP) is 1.39. The first-order valence-electron chi connectivity index (χ1n) is 3.68. The van der Waals surface area contributed by atoms with Crippen molar-refractivity contribution in [2.45, 2.75) is 6.92 Å². The van der Waals surface area contributed by atoms with Crippen molar-refractivity contribution in [1.82, 2.24) is 4.98 Å². The van der Waals surface area contributed by atoms with Crippen LogP contribution >= 0.6 is 11.6 Å². The van der Waals surface area contributed by atoms with Gasteiger partial charge in [-0.1, -0.05) is 11.6 Å². The first kappa shape index (κ1) is 10.5. The highest BCUT2D eigenvalue weighted by Crippen LogP contribution is 2.16. The van der Waals surface area contributed by atoms with Gasteiger partial charge >= 0.3 is 5.97 Å². The molecule has 0 aliphatic carbocycles. The van der Waals surface area contributed by atoms with Gasteiger partial charge in [-0.3, -0.25) is 4.79 Å². The minimum absolute atomic E-state index is 0.0339. The number of carboxylic acid groups (broad SMARTS) is 1. The number of halogens is 1. The number of pyridine rings is 1. The summed E-state index contributed by atoms with van der Waals surface area (Å²) in [4.78, 5) is 24.9. The molecule has 0 spiro atoms. The summed E-state index contributed by atoms with van der Waals surface area (Å²) in [6.45, 7) is 1.30. The summed E-state index contributed by atoms with van der Waals surface area (Å²) in [5.41, 5.74) is -0.280. The smallest absolute Gasteiger partial charge is 0.356 e. The number of nitrogens with one attached hydrogen (secondary N) is 1. The van der Waals surface area contributed by atoms with E-state index in [2.05, 4.69) is 10.3 Å². The van der Waals surface area contributed by atoms with Gasteiger partial charge in [-0.15, -0.1) is 0 Å². The molecule has 0 aliphatic heterocycles. The van der Waals surface area contributed by atoms with E-state index in [0.29, 0.717) is 0 Å². The quantitative estimate of drug-likeness (QED) is 0.780. The highest BCUT2D eigenvalue weighted by molar-refractivity contribution is 6.33. The first-order chi connectivity index (χ1) is 6.50. The summed E-state index contributed by atoms with van der Waals surface area (Å²) >= 11 is 5.57. The fourth-order valence-corrected chi connectivity index (χ4v) is 1.03. The van der Waals surface area contributed by atoms with Crippen molar-refractivity contribution >= 4 is 29.3 Å². The van der Waals surface area contributed by atoms with Crippen LogP contribution in [0.25, 0.3) is 0 Å². The molecule has 0 bridgehead atoms. The fourth-order valence-electron chi connectivity index (χ4n) is 0.842. The van der Waals surface area contributed by atoms with Gasteiger partial charge in [-0.2, -0.15) is 0 Å². The zero-order chi connectivity index (χ0) is 10.7. The normalized spacial score (nSPS) is 9.57. The Morgan fingerprint density at radius 1 is 1.50 bits per heavy atom. The Balaban J connectivity index is 3.06. The van der Waals surface area contributed by atoms with Gasteiger partial charge in [0.2, 0.25) is 5.91 Å². The van der Waals surface area contributed by atoms with E-state index in [9.17, 15) is 9.59 Å². The number of hydrogen-bond donors (Lipinski definition) is 2. The van der Waals surface area contributed by atoms with Crippen LogP contribution < -0.4 is 5.32 Å². The molecule has 0 radical (unpaired) electrons. The van der Waals surface area contributed by atoms with E-state index in [1.54, 1.807) is 0 Å². The largest absolute Gasteiger partial charge is 0.476 e. The summed E-state index contributed by atoms with van der Waals surface area (Å²) in [5, 5.41) is 11.1. The van der Waals surface area contributed by atoms with E-state index in [1.807, 2.05) is 0 Å². The minimum Gasteiger partial charge on any atom is -0.476 e. The highest BCUT2D eigenvalue weighted by Gasteiger charge is 2.11. The third-order valence-corrected chi connectivity index (χ3v) is 1.66. The number of hydrogen-bond acceptors (Lipinski definition) is 3. The lowest BCUT2D eigenvalue weighted by Gasteiger charge is -2.03. The van der Waals surface area contributed by atoms with Crippen LogP contribution in [-0.2, 0) is 4.79 Å². The number of rotatable bonds is 2. The van der Waals surface area contributed by atoms with E-state index < -0.39 is 5.97 Å². The summed E-state index contributed by atoms with van der Waals surface area (Å²) in [6, 6.07) is 2.79. The van der Waals surface area contributed by atoms with Crippen LogP contribution in [0.3, 0.4) is 0 Å². The number of amides is 1. The van der Waals surface area contributed by atoms with Gasteiger partial charge in [-0.05, 0) is 12.1 Å².